The van der Waals surface area contributed by atoms with Crippen LogP contribution in [0.1, 0.15) is 6.42 Å². The summed E-state index contributed by atoms with van der Waals surface area (Å²) in [6.07, 6.45) is 5.65. The Bertz CT molecular complexity index is 268. The Labute approximate surface area is 75.8 Å². The maximum Gasteiger partial charge on any atom is 0.271 e. The molecular weight excluding hydrogens is 172 g/mol. The lowest BCUT2D eigenvalue weighted by Gasteiger charge is -2.12. The quantitative estimate of drug-likeness (QED) is 0.361. The average Bonchev–Trinajstić information content (AvgIpc) is 2.48. The monoisotopic (exact) mass is 182 g/mol. The maximum atomic E-state index is 10.1. The van der Waals surface area contributed by atoms with Crippen LogP contribution in [0.3, 0.4) is 0 Å². The highest BCUT2D eigenvalue weighted by atomic mass is 16.7. The average molecular weight is 182 g/mol. The fourth-order valence-electron chi connectivity index (χ4n) is 1.11. The van der Waals surface area contributed by atoms with Gasteiger partial charge in [0.25, 0.3) is 5.96 Å². The normalized spacial score (nSPS) is 18.4. The lowest BCUT2D eigenvalue weighted by Crippen LogP contribution is -2.31. The molecular formula is C7H10N4O2. The van der Waals surface area contributed by atoms with E-state index in [2.05, 4.69) is 16.3 Å². The molecule has 0 unspecified atom stereocenters. The topological polar surface area (TPSA) is 70.8 Å². The Morgan fingerprint density at radius 1 is 1.85 bits per heavy atom. The van der Waals surface area contributed by atoms with Gasteiger partial charge in [-0.25, -0.2) is 10.1 Å². The van der Waals surface area contributed by atoms with E-state index in [1.807, 2.05) is 0 Å². The molecule has 0 amide bonds. The molecule has 1 heterocycles. The Balaban J connectivity index is 2.54. The SMILES string of the molecule is C#CCCN1CCNC1=N[N+](=O)[O-]. The van der Waals surface area contributed by atoms with Gasteiger partial charge < -0.3 is 10.2 Å². The molecule has 13 heavy (non-hydrogen) atoms. The van der Waals surface area contributed by atoms with Crippen molar-refractivity contribution in [3.63, 3.8) is 0 Å². The molecule has 0 bridgehead atoms. The summed E-state index contributed by atoms with van der Waals surface area (Å²) in [4.78, 5) is 11.9. The molecule has 1 saturated heterocycles. The number of nitrogens with zero attached hydrogens (tertiary/aromatic N) is 3. The minimum Gasteiger partial charge on any atom is -0.349 e. The van der Waals surface area contributed by atoms with Crippen molar-refractivity contribution >= 4 is 5.96 Å². The van der Waals surface area contributed by atoms with E-state index >= 15 is 0 Å². The molecule has 0 saturated carbocycles. The van der Waals surface area contributed by atoms with Gasteiger partial charge >= 0.3 is 0 Å². The van der Waals surface area contributed by atoms with Crippen molar-refractivity contribution < 1.29 is 5.03 Å². The Hall–Kier alpha value is -1.77. The number of hydrazone groups is 1. The first-order valence-electron chi connectivity index (χ1n) is 3.89. The Morgan fingerprint density at radius 2 is 2.62 bits per heavy atom. The number of hydrogen-bond donors (Lipinski definition) is 1. The molecule has 6 nitrogen and oxygen atoms in total. The molecule has 0 radical (unpaired) electrons. The predicted molar refractivity (Wildman–Crippen MR) is 47.5 cm³/mol. The number of nitro groups is 1. The highest BCUT2D eigenvalue weighted by molar-refractivity contribution is 5.81. The van der Waals surface area contributed by atoms with Crippen LogP contribution in [0.15, 0.2) is 5.10 Å². The first kappa shape index (κ1) is 9.32. The molecule has 0 aromatic rings. The molecule has 1 rings (SSSR count). The summed E-state index contributed by atoms with van der Waals surface area (Å²) < 4.78 is 0. The fourth-order valence-corrected chi connectivity index (χ4v) is 1.11. The van der Waals surface area contributed by atoms with E-state index in [0.717, 1.165) is 0 Å². The van der Waals surface area contributed by atoms with E-state index in [1.165, 1.54) is 0 Å². The minimum absolute atomic E-state index is 0.306. The standard InChI is InChI=1S/C7H10N4O2/c1-2-3-5-10-6-4-8-7(10)9-11(12)13/h1H,3-6H2,(H,8,9). The van der Waals surface area contributed by atoms with Crippen LogP contribution in [0.4, 0.5) is 0 Å². The molecule has 1 N–H and O–H groups in total. The molecule has 1 aliphatic rings. The summed E-state index contributed by atoms with van der Waals surface area (Å²) in [5.41, 5.74) is 0. The second-order valence-corrected chi connectivity index (χ2v) is 2.53. The van der Waals surface area contributed by atoms with E-state index in [9.17, 15) is 10.1 Å². The molecule has 1 aliphatic heterocycles. The van der Waals surface area contributed by atoms with Gasteiger partial charge in [-0.1, -0.05) is 0 Å². The molecule has 1 fully saturated rings. The third-order valence-corrected chi connectivity index (χ3v) is 1.67. The van der Waals surface area contributed by atoms with Crippen molar-refractivity contribution in [1.82, 2.24) is 10.2 Å². The molecule has 0 aliphatic carbocycles. The summed E-state index contributed by atoms with van der Waals surface area (Å²) in [5.74, 6) is 2.78. The number of terminal acetylenes is 1. The zero-order valence-electron chi connectivity index (χ0n) is 7.06. The first-order valence-corrected chi connectivity index (χ1v) is 3.89. The van der Waals surface area contributed by atoms with Gasteiger partial charge in [0.05, 0.1) is 0 Å². The summed E-state index contributed by atoms with van der Waals surface area (Å²) in [6, 6.07) is 0. The Morgan fingerprint density at radius 3 is 3.23 bits per heavy atom. The first-order chi connectivity index (χ1) is 6.24. The van der Waals surface area contributed by atoms with Crippen LogP contribution in [0.5, 0.6) is 0 Å². The van der Waals surface area contributed by atoms with Gasteiger partial charge in [0.2, 0.25) is 0 Å². The van der Waals surface area contributed by atoms with Crippen molar-refractivity contribution in [2.75, 3.05) is 19.6 Å². The Kier molecular flexibility index (Phi) is 3.09. The smallest absolute Gasteiger partial charge is 0.271 e. The van der Waals surface area contributed by atoms with Gasteiger partial charge in [-0.15, -0.1) is 12.3 Å². The number of guanidine groups is 1. The van der Waals surface area contributed by atoms with Crippen molar-refractivity contribution in [2.24, 2.45) is 5.10 Å². The van der Waals surface area contributed by atoms with Crippen LogP contribution >= 0.6 is 0 Å². The third kappa shape index (κ3) is 2.63. The lowest BCUT2D eigenvalue weighted by molar-refractivity contribution is -0.485. The second kappa shape index (κ2) is 4.30. The summed E-state index contributed by atoms with van der Waals surface area (Å²) in [5, 5.41) is 15.4. The van der Waals surface area contributed by atoms with E-state index in [4.69, 9.17) is 6.42 Å². The highest BCUT2D eigenvalue weighted by Crippen LogP contribution is 1.98. The molecule has 70 valence electrons. The number of rotatable bonds is 3. The van der Waals surface area contributed by atoms with Crippen LogP contribution in [-0.4, -0.2) is 35.5 Å². The molecule has 0 aromatic heterocycles. The zero-order valence-corrected chi connectivity index (χ0v) is 7.06. The van der Waals surface area contributed by atoms with Crippen LogP contribution in [0.2, 0.25) is 0 Å². The summed E-state index contributed by atoms with van der Waals surface area (Å²) >= 11 is 0. The van der Waals surface area contributed by atoms with E-state index in [1.54, 1.807) is 4.90 Å². The largest absolute Gasteiger partial charge is 0.349 e. The van der Waals surface area contributed by atoms with Crippen molar-refractivity contribution in [3.8, 4) is 12.3 Å². The van der Waals surface area contributed by atoms with Crippen LogP contribution in [-0.2, 0) is 0 Å². The molecule has 0 spiro atoms. The van der Waals surface area contributed by atoms with Gasteiger partial charge in [0.1, 0.15) is 5.10 Å². The number of hydrogen-bond acceptors (Lipinski definition) is 2. The van der Waals surface area contributed by atoms with Gasteiger partial charge in [0.15, 0.2) is 5.03 Å². The van der Waals surface area contributed by atoms with Crippen LogP contribution in [0, 0.1) is 22.5 Å². The van der Waals surface area contributed by atoms with Gasteiger partial charge in [-0.2, -0.15) is 0 Å². The van der Waals surface area contributed by atoms with Crippen LogP contribution in [0.25, 0.3) is 0 Å². The van der Waals surface area contributed by atoms with Gasteiger partial charge in [0, 0.05) is 26.1 Å². The maximum absolute atomic E-state index is 10.1. The lowest BCUT2D eigenvalue weighted by atomic mass is 10.4. The summed E-state index contributed by atoms with van der Waals surface area (Å²) in [7, 11) is 0. The third-order valence-electron chi connectivity index (χ3n) is 1.67. The van der Waals surface area contributed by atoms with Gasteiger partial charge in [-0.05, 0) is 0 Å². The minimum atomic E-state index is -0.712. The number of nitrogens with one attached hydrogen (secondary N) is 1. The molecule has 6 heteroatoms. The van der Waals surface area contributed by atoms with Crippen molar-refractivity contribution in [1.29, 1.82) is 0 Å². The zero-order chi connectivity index (χ0) is 9.68. The second-order valence-electron chi connectivity index (χ2n) is 2.53. The van der Waals surface area contributed by atoms with Crippen molar-refractivity contribution in [3.05, 3.63) is 10.1 Å². The van der Waals surface area contributed by atoms with Gasteiger partial charge in [-0.3, -0.25) is 0 Å². The van der Waals surface area contributed by atoms with E-state index in [0.29, 0.717) is 32.0 Å². The van der Waals surface area contributed by atoms with E-state index in [-0.39, 0.29) is 0 Å². The van der Waals surface area contributed by atoms with Crippen molar-refractivity contribution in [2.45, 2.75) is 6.42 Å². The fraction of sp³-hybridized carbons (Fsp3) is 0.571. The summed E-state index contributed by atoms with van der Waals surface area (Å²) in [6.45, 7) is 2.00. The van der Waals surface area contributed by atoms with E-state index < -0.39 is 5.03 Å². The molecule has 0 atom stereocenters. The van der Waals surface area contributed by atoms with Crippen LogP contribution < -0.4 is 5.32 Å². The molecule has 0 aromatic carbocycles. The highest BCUT2D eigenvalue weighted by Gasteiger charge is 2.20. The predicted octanol–water partition coefficient (Wildman–Crippen LogP) is -0.537.